The lowest BCUT2D eigenvalue weighted by Crippen LogP contribution is -2.19. The first-order chi connectivity index (χ1) is 8.83. The largest absolute Gasteiger partial charge is 0.110 e. The molecule has 0 nitrogen and oxygen atoms in total. The van der Waals surface area contributed by atoms with Crippen LogP contribution in [0.3, 0.4) is 0 Å². The SMILES string of the molecule is CCCC(P)=C(C1CCCCC1)C1CCCCC1. The highest BCUT2D eigenvalue weighted by molar-refractivity contribution is 7.22. The third kappa shape index (κ3) is 3.83. The third-order valence-electron chi connectivity index (χ3n) is 4.98. The highest BCUT2D eigenvalue weighted by Crippen LogP contribution is 2.43. The van der Waals surface area contributed by atoms with Crippen LogP contribution in [-0.2, 0) is 0 Å². The lowest BCUT2D eigenvalue weighted by molar-refractivity contribution is 0.324. The molecular weight excluding hydrogens is 235 g/mol. The van der Waals surface area contributed by atoms with Crippen molar-refractivity contribution in [3.05, 3.63) is 10.9 Å². The molecule has 1 atom stereocenters. The van der Waals surface area contributed by atoms with Crippen LogP contribution in [0.1, 0.15) is 84.0 Å². The van der Waals surface area contributed by atoms with Crippen LogP contribution in [0.2, 0.25) is 0 Å². The molecule has 0 aliphatic heterocycles. The van der Waals surface area contributed by atoms with E-state index in [4.69, 9.17) is 0 Å². The predicted molar refractivity (Wildman–Crippen MR) is 84.8 cm³/mol. The summed E-state index contributed by atoms with van der Waals surface area (Å²) in [7, 11) is 3.12. The van der Waals surface area contributed by atoms with Crippen molar-refractivity contribution < 1.29 is 0 Å². The van der Waals surface area contributed by atoms with Crippen molar-refractivity contribution in [1.29, 1.82) is 0 Å². The van der Waals surface area contributed by atoms with Crippen molar-refractivity contribution >= 4 is 9.24 Å². The Bertz CT molecular complexity index is 247. The van der Waals surface area contributed by atoms with E-state index < -0.39 is 0 Å². The Hall–Kier alpha value is 0.170. The van der Waals surface area contributed by atoms with Gasteiger partial charge in [0, 0.05) is 0 Å². The van der Waals surface area contributed by atoms with E-state index in [1.165, 1.54) is 77.0 Å². The van der Waals surface area contributed by atoms with Crippen LogP contribution in [0.15, 0.2) is 10.9 Å². The van der Waals surface area contributed by atoms with Gasteiger partial charge in [-0.1, -0.05) is 62.8 Å². The van der Waals surface area contributed by atoms with Crippen LogP contribution in [0, 0.1) is 11.8 Å². The van der Waals surface area contributed by atoms with E-state index in [0.29, 0.717) is 0 Å². The molecule has 2 aliphatic carbocycles. The molecule has 0 radical (unpaired) electrons. The quantitative estimate of drug-likeness (QED) is 0.541. The van der Waals surface area contributed by atoms with E-state index in [9.17, 15) is 0 Å². The van der Waals surface area contributed by atoms with Gasteiger partial charge in [0.2, 0.25) is 0 Å². The Kier molecular flexibility index (Phi) is 6.22. The van der Waals surface area contributed by atoms with Crippen molar-refractivity contribution in [2.24, 2.45) is 11.8 Å². The van der Waals surface area contributed by atoms with Crippen molar-refractivity contribution in [3.8, 4) is 0 Å². The van der Waals surface area contributed by atoms with Crippen molar-refractivity contribution in [3.63, 3.8) is 0 Å². The Balaban J connectivity index is 2.12. The van der Waals surface area contributed by atoms with Crippen LogP contribution in [0.4, 0.5) is 0 Å². The van der Waals surface area contributed by atoms with E-state index in [-0.39, 0.29) is 0 Å². The zero-order chi connectivity index (χ0) is 12.8. The first-order valence-corrected chi connectivity index (χ1v) is 8.89. The first kappa shape index (κ1) is 14.6. The summed E-state index contributed by atoms with van der Waals surface area (Å²) in [6.07, 6.45) is 17.4. The molecule has 2 saturated carbocycles. The van der Waals surface area contributed by atoms with Crippen molar-refractivity contribution in [1.82, 2.24) is 0 Å². The third-order valence-corrected chi connectivity index (χ3v) is 5.60. The molecule has 0 amide bonds. The molecule has 1 unspecified atom stereocenters. The van der Waals surface area contributed by atoms with Gasteiger partial charge < -0.3 is 0 Å². The summed E-state index contributed by atoms with van der Waals surface area (Å²) in [5, 5.41) is 1.69. The van der Waals surface area contributed by atoms with Gasteiger partial charge in [0.15, 0.2) is 0 Å². The zero-order valence-electron chi connectivity index (χ0n) is 12.2. The topological polar surface area (TPSA) is 0 Å². The predicted octanol–water partition coefficient (Wildman–Crippen LogP) is 6.08. The van der Waals surface area contributed by atoms with Gasteiger partial charge in [-0.25, -0.2) is 0 Å². The molecule has 0 heterocycles. The van der Waals surface area contributed by atoms with Crippen molar-refractivity contribution in [2.75, 3.05) is 0 Å². The minimum Gasteiger partial charge on any atom is -0.110 e. The lowest BCUT2D eigenvalue weighted by atomic mass is 9.73. The zero-order valence-corrected chi connectivity index (χ0v) is 13.4. The second kappa shape index (κ2) is 7.68. The standard InChI is InChI=1S/C17H31P/c1-2-9-16(18)17(14-10-5-3-6-11-14)15-12-7-4-8-13-15/h14-15H,2-13,18H2,1H3. The molecule has 0 spiro atoms. The molecule has 0 bridgehead atoms. The maximum absolute atomic E-state index is 3.12. The maximum Gasteiger partial charge on any atom is -0.0194 e. The molecule has 1 heteroatoms. The van der Waals surface area contributed by atoms with Gasteiger partial charge in [0.1, 0.15) is 0 Å². The Morgan fingerprint density at radius 3 is 1.67 bits per heavy atom. The van der Waals surface area contributed by atoms with Gasteiger partial charge in [-0.3, -0.25) is 0 Å². The summed E-state index contributed by atoms with van der Waals surface area (Å²) >= 11 is 0. The second-order valence-electron chi connectivity index (χ2n) is 6.40. The summed E-state index contributed by atoms with van der Waals surface area (Å²) < 4.78 is 0. The summed E-state index contributed by atoms with van der Waals surface area (Å²) in [6.45, 7) is 2.32. The molecule has 2 aliphatic rings. The molecular formula is C17H31P. The van der Waals surface area contributed by atoms with Crippen LogP contribution >= 0.6 is 9.24 Å². The molecule has 0 aromatic carbocycles. The van der Waals surface area contributed by atoms with Crippen LogP contribution in [0.5, 0.6) is 0 Å². The van der Waals surface area contributed by atoms with E-state index in [0.717, 1.165) is 11.8 Å². The summed E-state index contributed by atoms with van der Waals surface area (Å²) in [6, 6.07) is 0. The molecule has 2 rings (SSSR count). The van der Waals surface area contributed by atoms with E-state index >= 15 is 0 Å². The summed E-state index contributed by atoms with van der Waals surface area (Å²) in [4.78, 5) is 0. The van der Waals surface area contributed by atoms with Gasteiger partial charge >= 0.3 is 0 Å². The number of hydrogen-bond acceptors (Lipinski definition) is 0. The van der Waals surface area contributed by atoms with Gasteiger partial charge in [0.05, 0.1) is 0 Å². The Morgan fingerprint density at radius 1 is 0.833 bits per heavy atom. The number of hydrogen-bond donors (Lipinski definition) is 0. The molecule has 18 heavy (non-hydrogen) atoms. The van der Waals surface area contributed by atoms with E-state index in [1.54, 1.807) is 5.31 Å². The minimum atomic E-state index is 0.945. The van der Waals surface area contributed by atoms with E-state index in [1.807, 2.05) is 5.57 Å². The van der Waals surface area contributed by atoms with Crippen LogP contribution in [0.25, 0.3) is 0 Å². The second-order valence-corrected chi connectivity index (χ2v) is 7.10. The molecule has 0 aromatic rings. The summed E-state index contributed by atoms with van der Waals surface area (Å²) in [5.41, 5.74) is 1.90. The fourth-order valence-electron chi connectivity index (χ4n) is 4.10. The van der Waals surface area contributed by atoms with Gasteiger partial charge in [-0.15, -0.1) is 9.24 Å². The van der Waals surface area contributed by atoms with Gasteiger partial charge in [-0.05, 0) is 43.9 Å². The highest BCUT2D eigenvalue weighted by atomic mass is 31.0. The normalized spacial score (nSPS) is 23.0. The highest BCUT2D eigenvalue weighted by Gasteiger charge is 2.27. The number of allylic oxidation sites excluding steroid dienone is 2. The molecule has 0 saturated heterocycles. The average molecular weight is 266 g/mol. The smallest absolute Gasteiger partial charge is 0.0194 e. The monoisotopic (exact) mass is 266 g/mol. The van der Waals surface area contributed by atoms with Gasteiger partial charge in [0.25, 0.3) is 0 Å². The fourth-order valence-corrected chi connectivity index (χ4v) is 4.86. The summed E-state index contributed by atoms with van der Waals surface area (Å²) in [5.74, 6) is 1.89. The molecule has 0 aromatic heterocycles. The minimum absolute atomic E-state index is 0.945. The van der Waals surface area contributed by atoms with Gasteiger partial charge in [-0.2, -0.15) is 0 Å². The Morgan fingerprint density at radius 2 is 1.28 bits per heavy atom. The maximum atomic E-state index is 3.12. The molecule has 0 N–H and O–H groups in total. The average Bonchev–Trinajstić information content (AvgIpc) is 2.42. The fraction of sp³-hybridized carbons (Fsp3) is 0.882. The van der Waals surface area contributed by atoms with E-state index in [2.05, 4.69) is 16.2 Å². The molecule has 2 fully saturated rings. The van der Waals surface area contributed by atoms with Crippen LogP contribution in [-0.4, -0.2) is 0 Å². The molecule has 104 valence electrons. The number of rotatable bonds is 4. The lowest BCUT2D eigenvalue weighted by Gasteiger charge is -2.34. The van der Waals surface area contributed by atoms with Crippen molar-refractivity contribution in [2.45, 2.75) is 84.0 Å². The van der Waals surface area contributed by atoms with Crippen LogP contribution < -0.4 is 0 Å². The Labute approximate surface area is 116 Å². The first-order valence-electron chi connectivity index (χ1n) is 8.31.